The smallest absolute Gasteiger partial charge is 0.220 e. The molecule has 17 unspecified atom stereocenters. The zero-order valence-corrected chi connectivity index (χ0v) is 62.9. The summed E-state index contributed by atoms with van der Waals surface area (Å²) in [5.74, 6) is -0.281. The minimum absolute atomic E-state index is 0.238. The number of amides is 1. The molecule has 0 radical (unpaired) electrons. The fourth-order valence-corrected chi connectivity index (χ4v) is 13.5. The van der Waals surface area contributed by atoms with Gasteiger partial charge < -0.3 is 89.9 Å². The Balaban J connectivity index is 1.28. The van der Waals surface area contributed by atoms with Gasteiger partial charge >= 0.3 is 0 Å². The molecule has 3 saturated heterocycles. The average molecular weight is 1440 g/mol. The first kappa shape index (κ1) is 92.4. The van der Waals surface area contributed by atoms with Crippen molar-refractivity contribution in [3.63, 3.8) is 0 Å². The highest BCUT2D eigenvalue weighted by Gasteiger charge is 2.54. The number of rotatable bonds is 64. The van der Waals surface area contributed by atoms with Gasteiger partial charge in [0.2, 0.25) is 5.91 Å². The summed E-state index contributed by atoms with van der Waals surface area (Å²) in [4.78, 5) is 13.4. The molecule has 3 fully saturated rings. The standard InChI is InChI=1S/C82H147NO18/c1-3-5-7-9-11-13-15-17-19-20-21-22-23-24-25-26-27-28-29-30-31-32-33-34-35-36-37-38-39-40-41-42-43-44-46-48-50-52-54-56-58-60-70(88)83-65(66(87)59-57-55-53-51-49-47-45-18-16-14-12-10-8-6-4-2)64-96-80-76(94)73(91)78(68(62-85)98-80)101-82-77(95)74(92)79(69(63-86)99-82)100-81-75(93)72(90)71(89)67(61-84)97-81/h5,7,11,13,17,19,21-22,49,51,57,59,65-69,71-82,84-87,89-95H,3-4,6,8-10,12,14-16,18,20,23-48,50,52-56,58,60-64H2,1-2H3,(H,83,88)/b7-5-,13-11-,19-17-,22-21-,51-49+,59-57+. The van der Waals surface area contributed by atoms with E-state index in [1.807, 2.05) is 6.08 Å². The molecule has 17 atom stereocenters. The van der Waals surface area contributed by atoms with Gasteiger partial charge in [0.05, 0.1) is 38.6 Å². The molecule has 3 heterocycles. The molecular weight excluding hydrogens is 1290 g/mol. The van der Waals surface area contributed by atoms with Gasteiger partial charge in [-0.3, -0.25) is 4.79 Å². The van der Waals surface area contributed by atoms with Crippen LogP contribution in [0.5, 0.6) is 0 Å². The van der Waals surface area contributed by atoms with Gasteiger partial charge in [0.1, 0.15) is 73.2 Å². The van der Waals surface area contributed by atoms with Gasteiger partial charge in [-0.25, -0.2) is 0 Å². The lowest BCUT2D eigenvalue weighted by Gasteiger charge is -2.48. The number of aliphatic hydroxyl groups excluding tert-OH is 11. The largest absolute Gasteiger partial charge is 0.394 e. The van der Waals surface area contributed by atoms with Crippen LogP contribution in [0.1, 0.15) is 309 Å². The number of ether oxygens (including phenoxy) is 6. The fraction of sp³-hybridized carbons (Fsp3) is 0.841. The van der Waals surface area contributed by atoms with Crippen molar-refractivity contribution in [1.29, 1.82) is 0 Å². The van der Waals surface area contributed by atoms with Crippen LogP contribution in [-0.4, -0.2) is 193 Å². The van der Waals surface area contributed by atoms with Gasteiger partial charge in [0.25, 0.3) is 0 Å². The monoisotopic (exact) mass is 1430 g/mol. The minimum Gasteiger partial charge on any atom is -0.394 e. The molecule has 3 aliphatic rings. The highest BCUT2D eigenvalue weighted by molar-refractivity contribution is 5.76. The highest BCUT2D eigenvalue weighted by Crippen LogP contribution is 2.33. The molecule has 3 rings (SSSR count). The molecule has 0 saturated carbocycles. The Hall–Kier alpha value is -2.77. The molecule has 0 aromatic rings. The zero-order chi connectivity index (χ0) is 73.2. The van der Waals surface area contributed by atoms with Crippen molar-refractivity contribution < 1.29 is 89.4 Å². The van der Waals surface area contributed by atoms with Crippen LogP contribution in [0.3, 0.4) is 0 Å². The quantitative estimate of drug-likeness (QED) is 0.0199. The maximum absolute atomic E-state index is 13.4. The molecule has 0 bridgehead atoms. The Bertz CT molecular complexity index is 2110. The summed E-state index contributed by atoms with van der Waals surface area (Å²) in [7, 11) is 0. The van der Waals surface area contributed by atoms with Crippen LogP contribution in [0.25, 0.3) is 0 Å². The van der Waals surface area contributed by atoms with Gasteiger partial charge in [-0.1, -0.05) is 305 Å². The summed E-state index contributed by atoms with van der Waals surface area (Å²) < 4.78 is 34.4. The SMILES string of the molecule is CC/C=C\C/C=C\C/C=C\C/C=C\CCCCCCCCCCCCCCCCCCCCCCCCCCCCCCC(=O)NC(COC1OC(CO)C(OC2OC(CO)C(OC3OC(CO)C(O)C(O)C3O)C(O)C2O)C(O)C1O)C(O)/C=C/CC/C=C/CCCCCCCCCCC. The topological polar surface area (TPSA) is 307 Å². The van der Waals surface area contributed by atoms with Crippen LogP contribution < -0.4 is 5.32 Å². The summed E-state index contributed by atoms with van der Waals surface area (Å²) in [5, 5.41) is 121. The number of carbonyl (C=O) groups excluding carboxylic acids is 1. The second kappa shape index (κ2) is 62.3. The molecule has 588 valence electrons. The molecule has 3 aliphatic heterocycles. The molecule has 0 spiro atoms. The highest BCUT2D eigenvalue weighted by atomic mass is 16.8. The maximum atomic E-state index is 13.4. The van der Waals surface area contributed by atoms with E-state index >= 15 is 0 Å². The van der Waals surface area contributed by atoms with E-state index in [2.05, 4.69) is 79.9 Å². The number of unbranched alkanes of at least 4 members (excludes halogenated alkanes) is 38. The van der Waals surface area contributed by atoms with Gasteiger partial charge in [0, 0.05) is 6.42 Å². The van der Waals surface area contributed by atoms with Crippen molar-refractivity contribution in [2.45, 2.75) is 413 Å². The Morgan fingerprint density at radius 1 is 0.366 bits per heavy atom. The van der Waals surface area contributed by atoms with Crippen molar-refractivity contribution in [1.82, 2.24) is 5.32 Å². The molecule has 0 aliphatic carbocycles. The van der Waals surface area contributed by atoms with Crippen LogP contribution in [0, 0.1) is 0 Å². The summed E-state index contributed by atoms with van der Waals surface area (Å²) >= 11 is 0. The second-order valence-corrected chi connectivity index (χ2v) is 28.8. The van der Waals surface area contributed by atoms with Gasteiger partial charge in [0.15, 0.2) is 18.9 Å². The third-order valence-corrected chi connectivity index (χ3v) is 20.0. The number of aliphatic hydroxyl groups is 11. The number of hydrogen-bond donors (Lipinski definition) is 12. The summed E-state index contributed by atoms with van der Waals surface area (Å²) in [6.45, 7) is 1.62. The van der Waals surface area contributed by atoms with E-state index < -0.39 is 124 Å². The number of nitrogens with one attached hydrogen (secondary N) is 1. The maximum Gasteiger partial charge on any atom is 0.220 e. The van der Waals surface area contributed by atoms with Crippen LogP contribution in [0.15, 0.2) is 72.9 Å². The van der Waals surface area contributed by atoms with E-state index in [0.717, 1.165) is 64.2 Å². The van der Waals surface area contributed by atoms with Gasteiger partial charge in [-0.2, -0.15) is 0 Å². The van der Waals surface area contributed by atoms with E-state index in [4.69, 9.17) is 28.4 Å². The van der Waals surface area contributed by atoms with Crippen LogP contribution >= 0.6 is 0 Å². The molecule has 101 heavy (non-hydrogen) atoms. The van der Waals surface area contributed by atoms with Crippen LogP contribution in [0.4, 0.5) is 0 Å². The second-order valence-electron chi connectivity index (χ2n) is 28.8. The first-order valence-electron chi connectivity index (χ1n) is 40.7. The van der Waals surface area contributed by atoms with E-state index in [1.54, 1.807) is 6.08 Å². The van der Waals surface area contributed by atoms with Gasteiger partial charge in [-0.15, -0.1) is 0 Å². The molecule has 0 aromatic heterocycles. The van der Waals surface area contributed by atoms with Crippen LogP contribution in [-0.2, 0) is 33.2 Å². The average Bonchev–Trinajstić information content (AvgIpc) is 0.782. The molecule has 0 aromatic carbocycles. The molecule has 1 amide bonds. The number of hydrogen-bond acceptors (Lipinski definition) is 18. The lowest BCUT2D eigenvalue weighted by Crippen LogP contribution is -2.66. The minimum atomic E-state index is -1.98. The Labute approximate surface area is 610 Å². The normalized spacial score (nSPS) is 26.7. The van der Waals surface area contributed by atoms with Crippen molar-refractivity contribution in [3.8, 4) is 0 Å². The lowest BCUT2D eigenvalue weighted by atomic mass is 9.96. The molecule has 19 heteroatoms. The van der Waals surface area contributed by atoms with Crippen molar-refractivity contribution >= 4 is 5.91 Å². The first-order valence-corrected chi connectivity index (χ1v) is 40.7. The molecular formula is C82H147NO18. The van der Waals surface area contributed by atoms with Gasteiger partial charge in [-0.05, 0) is 70.6 Å². The van der Waals surface area contributed by atoms with E-state index in [0.29, 0.717) is 12.8 Å². The Morgan fingerprint density at radius 2 is 0.693 bits per heavy atom. The first-order chi connectivity index (χ1) is 49.3. The molecule has 19 nitrogen and oxygen atoms in total. The number of carbonyl (C=O) groups is 1. The van der Waals surface area contributed by atoms with Crippen molar-refractivity contribution in [3.05, 3.63) is 72.9 Å². The zero-order valence-electron chi connectivity index (χ0n) is 62.9. The van der Waals surface area contributed by atoms with E-state index in [9.17, 15) is 61.0 Å². The van der Waals surface area contributed by atoms with Crippen molar-refractivity contribution in [2.24, 2.45) is 0 Å². The predicted molar refractivity (Wildman–Crippen MR) is 401 cm³/mol. The van der Waals surface area contributed by atoms with E-state index in [-0.39, 0.29) is 18.9 Å². The van der Waals surface area contributed by atoms with E-state index in [1.165, 1.54) is 212 Å². The fourth-order valence-electron chi connectivity index (χ4n) is 13.5. The lowest BCUT2D eigenvalue weighted by molar-refractivity contribution is -0.379. The number of allylic oxidation sites excluding steroid dienone is 11. The summed E-state index contributed by atoms with van der Waals surface area (Å²) in [6, 6.07) is -0.990. The summed E-state index contributed by atoms with van der Waals surface area (Å²) in [5.41, 5.74) is 0. The van der Waals surface area contributed by atoms with Crippen LogP contribution in [0.2, 0.25) is 0 Å². The third kappa shape index (κ3) is 42.4. The predicted octanol–water partition coefficient (Wildman–Crippen LogP) is 13.6. The van der Waals surface area contributed by atoms with Crippen molar-refractivity contribution in [2.75, 3.05) is 26.4 Å². The molecule has 12 N–H and O–H groups in total. The Kier molecular flexibility index (Phi) is 57.0. The Morgan fingerprint density at radius 3 is 1.11 bits per heavy atom. The summed E-state index contributed by atoms with van der Waals surface area (Å²) in [6.07, 6.45) is 55.0. The third-order valence-electron chi connectivity index (χ3n) is 20.0.